The van der Waals surface area contributed by atoms with Crippen molar-refractivity contribution in [2.45, 2.75) is 36.3 Å². The molecule has 3 heteroatoms. The van der Waals surface area contributed by atoms with Crippen LogP contribution in [0.4, 0.5) is 0 Å². The summed E-state index contributed by atoms with van der Waals surface area (Å²) in [5, 5.41) is 13.2. The fourth-order valence-corrected chi connectivity index (χ4v) is 3.58. The maximum Gasteiger partial charge on any atom is 0.0456 e. The summed E-state index contributed by atoms with van der Waals surface area (Å²) in [6.07, 6.45) is 3.47. The number of nitrogens with one attached hydrogen (secondary N) is 1. The van der Waals surface area contributed by atoms with E-state index in [0.717, 1.165) is 25.9 Å². The summed E-state index contributed by atoms with van der Waals surface area (Å²) in [6, 6.07) is 8.72. The van der Waals surface area contributed by atoms with Crippen LogP contribution in [0.15, 0.2) is 29.2 Å². The van der Waals surface area contributed by atoms with E-state index < -0.39 is 0 Å². The van der Waals surface area contributed by atoms with Crippen molar-refractivity contribution in [3.8, 4) is 0 Å². The first-order valence-corrected chi connectivity index (χ1v) is 7.73. The van der Waals surface area contributed by atoms with Crippen LogP contribution in [0.5, 0.6) is 0 Å². The third-order valence-corrected chi connectivity index (χ3v) is 4.77. The van der Waals surface area contributed by atoms with E-state index >= 15 is 0 Å². The maximum absolute atomic E-state index is 8.94. The predicted octanol–water partition coefficient (Wildman–Crippen LogP) is 2.70. The monoisotopic (exact) mass is 265 g/mol. The van der Waals surface area contributed by atoms with Gasteiger partial charge < -0.3 is 10.4 Å². The summed E-state index contributed by atoms with van der Waals surface area (Å²) in [4.78, 5) is 1.46. The molecular formula is C15H23NOS. The molecule has 0 bridgehead atoms. The van der Waals surface area contributed by atoms with Crippen LogP contribution < -0.4 is 5.32 Å². The Labute approximate surface area is 114 Å². The first-order valence-electron chi connectivity index (χ1n) is 6.85. The van der Waals surface area contributed by atoms with E-state index in [0.29, 0.717) is 17.8 Å². The largest absolute Gasteiger partial charge is 0.396 e. The molecule has 1 aromatic rings. The third-order valence-electron chi connectivity index (χ3n) is 3.45. The van der Waals surface area contributed by atoms with Gasteiger partial charge in [-0.25, -0.2) is 0 Å². The van der Waals surface area contributed by atoms with Crippen LogP contribution >= 0.6 is 11.8 Å². The Morgan fingerprint density at radius 3 is 3.06 bits per heavy atom. The van der Waals surface area contributed by atoms with Crippen molar-refractivity contribution >= 4 is 11.8 Å². The minimum atomic E-state index is 0.313. The molecule has 2 unspecified atom stereocenters. The minimum absolute atomic E-state index is 0.313. The summed E-state index contributed by atoms with van der Waals surface area (Å²) < 4.78 is 0. The molecule has 0 spiro atoms. The summed E-state index contributed by atoms with van der Waals surface area (Å²) in [5.41, 5.74) is 1.50. The Balaban J connectivity index is 1.60. The number of aliphatic hydroxyl groups is 1. The van der Waals surface area contributed by atoms with Crippen LogP contribution in [0.1, 0.15) is 25.3 Å². The van der Waals surface area contributed by atoms with Crippen LogP contribution in [0.3, 0.4) is 0 Å². The zero-order valence-electron chi connectivity index (χ0n) is 11.1. The topological polar surface area (TPSA) is 32.3 Å². The van der Waals surface area contributed by atoms with E-state index in [1.807, 2.05) is 11.8 Å². The number of benzene rings is 1. The first kappa shape index (κ1) is 13.9. The normalized spacial score (nSPS) is 19.8. The second kappa shape index (κ2) is 7.17. The average Bonchev–Trinajstić information content (AvgIpc) is 2.80. The fourth-order valence-electron chi connectivity index (χ4n) is 2.30. The molecule has 0 aromatic heterocycles. The van der Waals surface area contributed by atoms with Gasteiger partial charge in [-0.2, -0.15) is 0 Å². The highest BCUT2D eigenvalue weighted by Gasteiger charge is 2.20. The molecule has 2 nitrogen and oxygen atoms in total. The van der Waals surface area contributed by atoms with E-state index in [2.05, 4.69) is 36.5 Å². The quantitative estimate of drug-likeness (QED) is 0.744. The number of hydrogen-bond donors (Lipinski definition) is 2. The van der Waals surface area contributed by atoms with Crippen molar-refractivity contribution in [3.05, 3.63) is 29.8 Å². The maximum atomic E-state index is 8.94. The lowest BCUT2D eigenvalue weighted by Crippen LogP contribution is -2.25. The van der Waals surface area contributed by atoms with Gasteiger partial charge in [-0.1, -0.05) is 25.1 Å². The molecule has 0 radical (unpaired) electrons. The first-order chi connectivity index (χ1) is 8.79. The van der Waals surface area contributed by atoms with Crippen molar-refractivity contribution in [2.75, 3.05) is 19.7 Å². The smallest absolute Gasteiger partial charge is 0.0456 e. The van der Waals surface area contributed by atoms with Gasteiger partial charge >= 0.3 is 0 Å². The van der Waals surface area contributed by atoms with Crippen molar-refractivity contribution in [2.24, 2.45) is 5.92 Å². The molecule has 2 rings (SSSR count). The van der Waals surface area contributed by atoms with E-state index in [9.17, 15) is 0 Å². The molecule has 0 amide bonds. The van der Waals surface area contributed by atoms with Crippen LogP contribution in [0, 0.1) is 5.92 Å². The summed E-state index contributed by atoms with van der Waals surface area (Å²) in [7, 11) is 0. The van der Waals surface area contributed by atoms with Crippen LogP contribution in [-0.4, -0.2) is 30.1 Å². The van der Waals surface area contributed by atoms with Crippen LogP contribution in [0.2, 0.25) is 0 Å². The van der Waals surface area contributed by atoms with E-state index in [1.165, 1.54) is 16.9 Å². The van der Waals surface area contributed by atoms with E-state index in [1.54, 1.807) is 0 Å². The van der Waals surface area contributed by atoms with Gasteiger partial charge in [0.25, 0.3) is 0 Å². The second-order valence-electron chi connectivity index (χ2n) is 5.19. The van der Waals surface area contributed by atoms with Gasteiger partial charge in [-0.05, 0) is 43.4 Å². The Bertz CT molecular complexity index is 344. The minimum Gasteiger partial charge on any atom is -0.396 e. The lowest BCUT2D eigenvalue weighted by atomic mass is 10.1. The molecule has 0 saturated heterocycles. The zero-order chi connectivity index (χ0) is 12.8. The Kier molecular flexibility index (Phi) is 5.54. The fraction of sp³-hybridized carbons (Fsp3) is 0.600. The zero-order valence-corrected chi connectivity index (χ0v) is 11.9. The van der Waals surface area contributed by atoms with Gasteiger partial charge in [0.2, 0.25) is 0 Å². The standard InChI is InChI=1S/C15H23NOS/c1-12(11-17)5-4-8-16-10-14-9-13-6-2-3-7-15(13)18-14/h2-3,6-7,12,14,16-17H,4-5,8-11H2,1H3. The molecule has 2 atom stereocenters. The van der Waals surface area contributed by atoms with Gasteiger partial charge in [0.15, 0.2) is 0 Å². The molecule has 2 N–H and O–H groups in total. The lowest BCUT2D eigenvalue weighted by molar-refractivity contribution is 0.228. The van der Waals surface area contributed by atoms with Crippen molar-refractivity contribution < 1.29 is 5.11 Å². The Morgan fingerprint density at radius 1 is 1.44 bits per heavy atom. The molecule has 100 valence electrons. The Hall–Kier alpha value is -0.510. The average molecular weight is 265 g/mol. The SMILES string of the molecule is CC(CO)CCCNCC1Cc2ccccc2S1. The van der Waals surface area contributed by atoms with Gasteiger partial charge in [0, 0.05) is 23.3 Å². The highest BCUT2D eigenvalue weighted by molar-refractivity contribution is 8.00. The number of aliphatic hydroxyl groups excluding tert-OH is 1. The van der Waals surface area contributed by atoms with E-state index in [-0.39, 0.29) is 0 Å². The van der Waals surface area contributed by atoms with Crippen molar-refractivity contribution in [1.82, 2.24) is 5.32 Å². The predicted molar refractivity (Wildman–Crippen MR) is 78.1 cm³/mol. The number of thioether (sulfide) groups is 1. The Morgan fingerprint density at radius 2 is 2.28 bits per heavy atom. The molecule has 0 fully saturated rings. The van der Waals surface area contributed by atoms with Gasteiger partial charge in [0.1, 0.15) is 0 Å². The molecule has 0 saturated carbocycles. The van der Waals surface area contributed by atoms with Crippen LogP contribution in [0.25, 0.3) is 0 Å². The molecule has 18 heavy (non-hydrogen) atoms. The highest BCUT2D eigenvalue weighted by atomic mass is 32.2. The summed E-state index contributed by atoms with van der Waals surface area (Å²) in [5.74, 6) is 0.442. The number of rotatable bonds is 7. The van der Waals surface area contributed by atoms with Crippen LogP contribution in [-0.2, 0) is 6.42 Å². The van der Waals surface area contributed by atoms with E-state index in [4.69, 9.17) is 5.11 Å². The lowest BCUT2D eigenvalue weighted by Gasteiger charge is -2.11. The highest BCUT2D eigenvalue weighted by Crippen LogP contribution is 2.36. The third kappa shape index (κ3) is 4.01. The molecule has 1 aromatic carbocycles. The molecular weight excluding hydrogens is 242 g/mol. The van der Waals surface area contributed by atoms with Crippen molar-refractivity contribution in [3.63, 3.8) is 0 Å². The molecule has 1 aliphatic rings. The summed E-state index contributed by atoms with van der Waals surface area (Å²) in [6.45, 7) is 4.57. The molecule has 0 aliphatic carbocycles. The number of fused-ring (bicyclic) bond motifs is 1. The van der Waals surface area contributed by atoms with Gasteiger partial charge in [0.05, 0.1) is 0 Å². The molecule has 1 aliphatic heterocycles. The summed E-state index contributed by atoms with van der Waals surface area (Å²) >= 11 is 2.00. The van der Waals surface area contributed by atoms with Gasteiger partial charge in [-0.3, -0.25) is 0 Å². The molecule has 1 heterocycles. The second-order valence-corrected chi connectivity index (χ2v) is 6.53. The number of hydrogen-bond acceptors (Lipinski definition) is 3. The van der Waals surface area contributed by atoms with Crippen molar-refractivity contribution in [1.29, 1.82) is 0 Å². The van der Waals surface area contributed by atoms with Gasteiger partial charge in [-0.15, -0.1) is 11.8 Å².